The van der Waals surface area contributed by atoms with Gasteiger partial charge in [-0.2, -0.15) is 0 Å². The van der Waals surface area contributed by atoms with Gasteiger partial charge in [0.05, 0.1) is 17.8 Å². The Kier molecular flexibility index (Phi) is 7.41. The summed E-state index contributed by atoms with van der Waals surface area (Å²) in [5.74, 6) is 1.79. The Hall–Kier alpha value is -2.67. The van der Waals surface area contributed by atoms with Crippen LogP contribution in [0.3, 0.4) is 0 Å². The van der Waals surface area contributed by atoms with Crippen LogP contribution in [0.25, 0.3) is 0 Å². The van der Waals surface area contributed by atoms with Crippen molar-refractivity contribution in [2.75, 3.05) is 39.3 Å². The summed E-state index contributed by atoms with van der Waals surface area (Å²) in [6.45, 7) is 7.93. The van der Waals surface area contributed by atoms with Crippen LogP contribution in [0, 0.1) is 0 Å². The first-order valence-corrected chi connectivity index (χ1v) is 10.2. The van der Waals surface area contributed by atoms with Crippen molar-refractivity contribution in [3.63, 3.8) is 0 Å². The zero-order chi connectivity index (χ0) is 20.6. The maximum absolute atomic E-state index is 12.4. The second-order valence-corrected chi connectivity index (χ2v) is 7.22. The molecule has 2 aromatic rings. The fourth-order valence-corrected chi connectivity index (χ4v) is 3.29. The van der Waals surface area contributed by atoms with E-state index in [2.05, 4.69) is 10.2 Å². The highest BCUT2D eigenvalue weighted by atomic mass is 35.5. The molecule has 0 radical (unpaired) electrons. The number of benzene rings is 1. The van der Waals surface area contributed by atoms with E-state index in [-0.39, 0.29) is 12.0 Å². The predicted octanol–water partition coefficient (Wildman–Crippen LogP) is 3.12. The topological polar surface area (TPSA) is 70.3 Å². The summed E-state index contributed by atoms with van der Waals surface area (Å²) < 4.78 is 11.1. The zero-order valence-electron chi connectivity index (χ0n) is 16.8. The number of ether oxygens (including phenoxy) is 1. The lowest BCUT2D eigenvalue weighted by molar-refractivity contribution is 0.0657. The summed E-state index contributed by atoms with van der Waals surface area (Å²) in [7, 11) is 0. The Labute approximate surface area is 176 Å². The molecule has 156 valence electrons. The highest BCUT2D eigenvalue weighted by Crippen LogP contribution is 2.24. The van der Waals surface area contributed by atoms with E-state index in [1.807, 2.05) is 36.9 Å². The minimum absolute atomic E-state index is 0.0710. The van der Waals surface area contributed by atoms with E-state index in [1.54, 1.807) is 18.2 Å². The van der Waals surface area contributed by atoms with Gasteiger partial charge < -0.3 is 24.3 Å². The lowest BCUT2D eigenvalue weighted by Crippen LogP contribution is -2.53. The first-order valence-electron chi connectivity index (χ1n) is 9.85. The van der Waals surface area contributed by atoms with Crippen LogP contribution in [0.15, 0.2) is 52.1 Å². The molecule has 3 rings (SSSR count). The summed E-state index contributed by atoms with van der Waals surface area (Å²) in [6, 6.07) is 10.8. The van der Waals surface area contributed by atoms with Gasteiger partial charge in [0.1, 0.15) is 11.9 Å². The van der Waals surface area contributed by atoms with Gasteiger partial charge in [-0.05, 0) is 38.1 Å². The van der Waals surface area contributed by atoms with Gasteiger partial charge in [-0.1, -0.05) is 23.7 Å². The molecule has 1 fully saturated rings. The number of carbonyl (C=O) groups excluding carboxylic acids is 1. The summed E-state index contributed by atoms with van der Waals surface area (Å²) in [6.07, 6.45) is 1.40. The van der Waals surface area contributed by atoms with Crippen molar-refractivity contribution in [2.45, 2.75) is 20.0 Å². The van der Waals surface area contributed by atoms with Crippen molar-refractivity contribution in [1.29, 1.82) is 0 Å². The van der Waals surface area contributed by atoms with Crippen LogP contribution >= 0.6 is 11.6 Å². The smallest absolute Gasteiger partial charge is 0.289 e. The molecule has 0 aliphatic carbocycles. The molecule has 8 heteroatoms. The van der Waals surface area contributed by atoms with Gasteiger partial charge >= 0.3 is 0 Å². The molecule has 1 atom stereocenters. The third kappa shape index (κ3) is 5.67. The maximum atomic E-state index is 12.4. The van der Waals surface area contributed by atoms with Crippen LogP contribution in [0.2, 0.25) is 5.02 Å². The van der Waals surface area contributed by atoms with E-state index < -0.39 is 0 Å². The number of aliphatic imine (C=N–C) groups is 1. The third-order valence-electron chi connectivity index (χ3n) is 4.60. The molecule has 7 nitrogen and oxygen atoms in total. The standard InChI is InChI=1S/C21H27ClN4O3/c1-3-23-21(24-15-16(2)29-18-8-5-4-7-17(18)22)26-12-10-25(11-13-26)20(27)19-9-6-14-28-19/h4-9,14,16H,3,10-13,15H2,1-2H3,(H,23,24). The van der Waals surface area contributed by atoms with Gasteiger partial charge in [-0.25, -0.2) is 4.99 Å². The van der Waals surface area contributed by atoms with Crippen molar-refractivity contribution in [1.82, 2.24) is 15.1 Å². The van der Waals surface area contributed by atoms with Crippen LogP contribution in [0.4, 0.5) is 0 Å². The highest BCUT2D eigenvalue weighted by Gasteiger charge is 2.25. The predicted molar refractivity (Wildman–Crippen MR) is 114 cm³/mol. The summed E-state index contributed by atoms with van der Waals surface area (Å²) >= 11 is 6.16. The first-order chi connectivity index (χ1) is 14.1. The van der Waals surface area contributed by atoms with Crippen LogP contribution in [-0.4, -0.2) is 67.0 Å². The van der Waals surface area contributed by atoms with E-state index in [1.165, 1.54) is 6.26 Å². The Morgan fingerprint density at radius 1 is 1.21 bits per heavy atom. The van der Waals surface area contributed by atoms with Crippen molar-refractivity contribution in [3.05, 3.63) is 53.4 Å². The molecule has 29 heavy (non-hydrogen) atoms. The molecule has 1 saturated heterocycles. The number of para-hydroxylation sites is 1. The summed E-state index contributed by atoms with van der Waals surface area (Å²) in [5.41, 5.74) is 0. The number of amides is 1. The largest absolute Gasteiger partial charge is 0.487 e. The second-order valence-electron chi connectivity index (χ2n) is 6.81. The van der Waals surface area contributed by atoms with Gasteiger partial charge in [-0.3, -0.25) is 4.79 Å². The fraction of sp³-hybridized carbons (Fsp3) is 0.429. The molecule has 1 aliphatic heterocycles. The third-order valence-corrected chi connectivity index (χ3v) is 4.91. The number of hydrogen-bond acceptors (Lipinski definition) is 4. The highest BCUT2D eigenvalue weighted by molar-refractivity contribution is 6.32. The van der Waals surface area contributed by atoms with Gasteiger partial charge in [-0.15, -0.1) is 0 Å². The lowest BCUT2D eigenvalue weighted by Gasteiger charge is -2.36. The SMILES string of the molecule is CCNC(=NCC(C)Oc1ccccc1Cl)N1CCN(C(=O)c2ccco2)CC1. The number of nitrogens with zero attached hydrogens (tertiary/aromatic N) is 3. The summed E-state index contributed by atoms with van der Waals surface area (Å²) in [4.78, 5) is 21.1. The van der Waals surface area contributed by atoms with Crippen molar-refractivity contribution >= 4 is 23.5 Å². The van der Waals surface area contributed by atoms with Crippen molar-refractivity contribution < 1.29 is 13.9 Å². The van der Waals surface area contributed by atoms with E-state index in [9.17, 15) is 4.79 Å². The van der Waals surface area contributed by atoms with Crippen molar-refractivity contribution in [2.24, 2.45) is 4.99 Å². The Morgan fingerprint density at radius 3 is 2.59 bits per heavy atom. The molecule has 0 bridgehead atoms. The fourth-order valence-electron chi connectivity index (χ4n) is 3.11. The molecule has 1 N–H and O–H groups in total. The van der Waals surface area contributed by atoms with Crippen molar-refractivity contribution in [3.8, 4) is 5.75 Å². The molecule has 0 saturated carbocycles. The Morgan fingerprint density at radius 2 is 1.93 bits per heavy atom. The maximum Gasteiger partial charge on any atom is 0.289 e. The van der Waals surface area contributed by atoms with Gasteiger partial charge in [0.25, 0.3) is 5.91 Å². The van der Waals surface area contributed by atoms with Gasteiger partial charge in [0.15, 0.2) is 11.7 Å². The molecule has 2 heterocycles. The molecule has 1 aliphatic rings. The average Bonchev–Trinajstić information content (AvgIpc) is 3.27. The normalized spacial score (nSPS) is 15.9. The second kappa shape index (κ2) is 10.2. The molecular weight excluding hydrogens is 392 g/mol. The molecular formula is C21H27ClN4O3. The number of furan rings is 1. The number of halogens is 1. The zero-order valence-corrected chi connectivity index (χ0v) is 17.6. The van der Waals surface area contributed by atoms with Gasteiger partial charge in [0, 0.05) is 32.7 Å². The van der Waals surface area contributed by atoms with Crippen LogP contribution in [0.5, 0.6) is 5.75 Å². The van der Waals surface area contributed by atoms with E-state index in [0.717, 1.165) is 12.5 Å². The summed E-state index contributed by atoms with van der Waals surface area (Å²) in [5, 5.41) is 3.92. The monoisotopic (exact) mass is 418 g/mol. The Bertz CT molecular complexity index is 817. The van der Waals surface area contributed by atoms with Gasteiger partial charge in [0.2, 0.25) is 0 Å². The molecule has 1 amide bonds. The molecule has 1 unspecified atom stereocenters. The Balaban J connectivity index is 1.55. The molecule has 1 aromatic carbocycles. The minimum Gasteiger partial charge on any atom is -0.487 e. The number of piperazine rings is 1. The average molecular weight is 419 g/mol. The number of nitrogens with one attached hydrogen (secondary N) is 1. The molecule has 0 spiro atoms. The van der Waals surface area contributed by atoms with Crippen LogP contribution in [-0.2, 0) is 0 Å². The quantitative estimate of drug-likeness (QED) is 0.576. The number of guanidine groups is 1. The van der Waals surface area contributed by atoms with E-state index in [4.69, 9.17) is 25.7 Å². The van der Waals surface area contributed by atoms with E-state index in [0.29, 0.717) is 49.3 Å². The van der Waals surface area contributed by atoms with Crippen LogP contribution < -0.4 is 10.1 Å². The van der Waals surface area contributed by atoms with E-state index >= 15 is 0 Å². The lowest BCUT2D eigenvalue weighted by atomic mass is 10.3. The minimum atomic E-state index is -0.120. The van der Waals surface area contributed by atoms with Crippen LogP contribution in [0.1, 0.15) is 24.4 Å². The number of hydrogen-bond donors (Lipinski definition) is 1. The number of rotatable bonds is 6. The first kappa shape index (κ1) is 21.0. The molecule has 1 aromatic heterocycles. The number of carbonyl (C=O) groups is 1.